The standard InChI is InChI=1S/C23H33NO2.C2H4/c1-7-11-13-20(5)14-15-21(6)24(10-4)17-16-23(25)19-26-18-22(9-3)12-8-2;1-2/h8-10,12,14-17H,2-4,7,11,13,18-19H2,1,5-6H3;1-2H2/b17-16-,20-14+,21-15+,22-12+;. The fourth-order valence-electron chi connectivity index (χ4n) is 2.02. The molecule has 0 saturated heterocycles. The molecule has 0 spiro atoms. The van der Waals surface area contributed by atoms with Gasteiger partial charge in [0, 0.05) is 24.2 Å². The predicted molar refractivity (Wildman–Crippen MR) is 124 cm³/mol. The smallest absolute Gasteiger partial charge is 0.182 e. The van der Waals surface area contributed by atoms with Gasteiger partial charge < -0.3 is 9.64 Å². The van der Waals surface area contributed by atoms with Crippen molar-refractivity contribution in [1.82, 2.24) is 4.90 Å². The van der Waals surface area contributed by atoms with Gasteiger partial charge in [0.05, 0.1) is 6.61 Å². The number of ketones is 1. The largest absolute Gasteiger partial charge is 0.369 e. The number of hydrogen-bond acceptors (Lipinski definition) is 3. The van der Waals surface area contributed by atoms with E-state index in [1.54, 1.807) is 30.6 Å². The molecule has 0 fully saturated rings. The molecular formula is C25H37NO2. The van der Waals surface area contributed by atoms with Gasteiger partial charge in [-0.3, -0.25) is 4.79 Å². The monoisotopic (exact) mass is 383 g/mol. The fourth-order valence-corrected chi connectivity index (χ4v) is 2.02. The van der Waals surface area contributed by atoms with Crippen molar-refractivity contribution in [2.45, 2.75) is 40.0 Å². The number of unbranched alkanes of at least 4 members (excludes halogenated alkanes) is 1. The summed E-state index contributed by atoms with van der Waals surface area (Å²) in [5.41, 5.74) is 3.21. The van der Waals surface area contributed by atoms with Crippen molar-refractivity contribution in [2.75, 3.05) is 13.2 Å². The van der Waals surface area contributed by atoms with Crippen molar-refractivity contribution in [3.63, 3.8) is 0 Å². The highest BCUT2D eigenvalue weighted by Gasteiger charge is 2.01. The molecule has 0 radical (unpaired) electrons. The van der Waals surface area contributed by atoms with Gasteiger partial charge in [-0.15, -0.1) is 13.2 Å². The molecule has 0 bridgehead atoms. The van der Waals surface area contributed by atoms with Crippen LogP contribution in [-0.2, 0) is 9.53 Å². The van der Waals surface area contributed by atoms with Gasteiger partial charge in [0.1, 0.15) is 6.61 Å². The first-order chi connectivity index (χ1) is 13.5. The first-order valence-corrected chi connectivity index (χ1v) is 9.46. The van der Waals surface area contributed by atoms with Crippen LogP contribution < -0.4 is 0 Å². The Morgan fingerprint density at radius 2 is 1.71 bits per heavy atom. The Labute approximate surface area is 172 Å². The summed E-state index contributed by atoms with van der Waals surface area (Å²) in [6, 6.07) is 0. The molecule has 3 nitrogen and oxygen atoms in total. The molecule has 0 aromatic rings. The van der Waals surface area contributed by atoms with Crippen LogP contribution in [0.2, 0.25) is 0 Å². The van der Waals surface area contributed by atoms with Gasteiger partial charge in [-0.1, -0.05) is 63.0 Å². The molecule has 0 amide bonds. The second-order valence-corrected chi connectivity index (χ2v) is 5.97. The van der Waals surface area contributed by atoms with E-state index in [0.717, 1.165) is 17.7 Å². The molecule has 0 unspecified atom stereocenters. The minimum Gasteiger partial charge on any atom is -0.369 e. The maximum atomic E-state index is 11.9. The maximum Gasteiger partial charge on any atom is 0.182 e. The highest BCUT2D eigenvalue weighted by molar-refractivity contribution is 5.90. The Hall–Kier alpha value is -2.65. The lowest BCUT2D eigenvalue weighted by Crippen LogP contribution is -2.10. The molecule has 0 aliphatic rings. The lowest BCUT2D eigenvalue weighted by molar-refractivity contribution is -0.118. The number of rotatable bonds is 14. The Bertz CT molecular complexity index is 606. The average Bonchev–Trinajstić information content (AvgIpc) is 2.71. The molecule has 154 valence electrons. The fraction of sp³-hybridized carbons (Fsp3) is 0.320. The Morgan fingerprint density at radius 1 is 1.04 bits per heavy atom. The van der Waals surface area contributed by atoms with Crippen molar-refractivity contribution in [3.05, 3.63) is 98.6 Å². The molecular weight excluding hydrogens is 346 g/mol. The Kier molecular flexibility index (Phi) is 18.8. The zero-order chi connectivity index (χ0) is 21.8. The zero-order valence-electron chi connectivity index (χ0n) is 18.0. The molecule has 28 heavy (non-hydrogen) atoms. The van der Waals surface area contributed by atoms with E-state index < -0.39 is 0 Å². The van der Waals surface area contributed by atoms with Gasteiger partial charge >= 0.3 is 0 Å². The van der Waals surface area contributed by atoms with Crippen molar-refractivity contribution < 1.29 is 9.53 Å². The summed E-state index contributed by atoms with van der Waals surface area (Å²) >= 11 is 0. The summed E-state index contributed by atoms with van der Waals surface area (Å²) in [6.07, 6.45) is 17.7. The van der Waals surface area contributed by atoms with Crippen LogP contribution in [0.3, 0.4) is 0 Å². The minimum absolute atomic E-state index is 0.0165. The molecule has 0 aliphatic heterocycles. The molecule has 0 aromatic carbocycles. The van der Waals surface area contributed by atoms with E-state index in [9.17, 15) is 4.79 Å². The summed E-state index contributed by atoms with van der Waals surface area (Å²) in [4.78, 5) is 13.7. The molecule has 0 saturated carbocycles. The van der Waals surface area contributed by atoms with Crippen molar-refractivity contribution >= 4 is 5.78 Å². The van der Waals surface area contributed by atoms with Gasteiger partial charge in [0.25, 0.3) is 0 Å². The van der Waals surface area contributed by atoms with Gasteiger partial charge in [0.15, 0.2) is 5.78 Å². The van der Waals surface area contributed by atoms with Crippen LogP contribution in [-0.4, -0.2) is 23.9 Å². The summed E-state index contributed by atoms with van der Waals surface area (Å²) in [7, 11) is 0. The SMILES string of the molecule is C=C.C=C/C=C(\C=C)COCC(=O)/C=C\N(C=C)/C(C)=C/C=C(\C)CCCC. The van der Waals surface area contributed by atoms with Crippen LogP contribution in [0.5, 0.6) is 0 Å². The number of carbonyl (C=O) groups excluding carboxylic acids is 1. The van der Waals surface area contributed by atoms with E-state index in [1.807, 2.05) is 17.9 Å². The topological polar surface area (TPSA) is 29.5 Å². The highest BCUT2D eigenvalue weighted by Crippen LogP contribution is 2.10. The quantitative estimate of drug-likeness (QED) is 0.190. The molecule has 0 N–H and O–H groups in total. The second kappa shape index (κ2) is 19.1. The van der Waals surface area contributed by atoms with Crippen LogP contribution in [0.1, 0.15) is 40.0 Å². The van der Waals surface area contributed by atoms with Crippen LogP contribution in [0.4, 0.5) is 0 Å². The molecule has 3 heteroatoms. The van der Waals surface area contributed by atoms with Crippen LogP contribution in [0.25, 0.3) is 0 Å². The molecule has 0 rings (SSSR count). The van der Waals surface area contributed by atoms with E-state index in [4.69, 9.17) is 4.74 Å². The number of nitrogens with zero attached hydrogens (tertiary/aromatic N) is 1. The van der Waals surface area contributed by atoms with Crippen LogP contribution >= 0.6 is 0 Å². The van der Waals surface area contributed by atoms with Crippen molar-refractivity contribution in [1.29, 1.82) is 0 Å². The Balaban J connectivity index is 0. The lowest BCUT2D eigenvalue weighted by Gasteiger charge is -2.15. The van der Waals surface area contributed by atoms with Gasteiger partial charge in [-0.2, -0.15) is 0 Å². The van der Waals surface area contributed by atoms with Gasteiger partial charge in [-0.05, 0) is 38.3 Å². The second-order valence-electron chi connectivity index (χ2n) is 5.97. The lowest BCUT2D eigenvalue weighted by atomic mass is 10.1. The third-order valence-corrected chi connectivity index (χ3v) is 3.67. The normalized spacial score (nSPS) is 12.2. The maximum absolute atomic E-state index is 11.9. The first-order valence-electron chi connectivity index (χ1n) is 9.46. The third-order valence-electron chi connectivity index (χ3n) is 3.67. The summed E-state index contributed by atoms with van der Waals surface area (Å²) in [6.45, 7) is 23.8. The number of ether oxygens (including phenoxy) is 1. The molecule has 0 aliphatic carbocycles. The minimum atomic E-state index is -0.110. The van der Waals surface area contributed by atoms with E-state index in [1.165, 1.54) is 24.5 Å². The third kappa shape index (κ3) is 14.5. The number of carbonyl (C=O) groups is 1. The Morgan fingerprint density at radius 3 is 2.25 bits per heavy atom. The van der Waals surface area contributed by atoms with Crippen LogP contribution in [0, 0.1) is 0 Å². The van der Waals surface area contributed by atoms with E-state index in [2.05, 4.69) is 52.8 Å². The highest BCUT2D eigenvalue weighted by atomic mass is 16.5. The van der Waals surface area contributed by atoms with Gasteiger partial charge in [0.2, 0.25) is 0 Å². The number of hydrogen-bond donors (Lipinski definition) is 0. The summed E-state index contributed by atoms with van der Waals surface area (Å²) in [5, 5.41) is 0. The molecule has 0 aromatic heterocycles. The average molecular weight is 384 g/mol. The summed E-state index contributed by atoms with van der Waals surface area (Å²) < 4.78 is 5.39. The number of allylic oxidation sites excluding steroid dienone is 6. The van der Waals surface area contributed by atoms with E-state index in [-0.39, 0.29) is 12.4 Å². The summed E-state index contributed by atoms with van der Waals surface area (Å²) in [5.74, 6) is -0.110. The predicted octanol–water partition coefficient (Wildman–Crippen LogP) is 6.67. The zero-order valence-corrected chi connectivity index (χ0v) is 18.0. The van der Waals surface area contributed by atoms with Crippen molar-refractivity contribution in [3.8, 4) is 0 Å². The first kappa shape index (κ1) is 27.6. The van der Waals surface area contributed by atoms with E-state index in [0.29, 0.717) is 6.61 Å². The van der Waals surface area contributed by atoms with Crippen molar-refractivity contribution in [2.24, 2.45) is 0 Å². The molecule has 0 atom stereocenters. The molecule has 0 heterocycles. The van der Waals surface area contributed by atoms with E-state index >= 15 is 0 Å². The van der Waals surface area contributed by atoms with Gasteiger partial charge in [-0.25, -0.2) is 0 Å². The van der Waals surface area contributed by atoms with Crippen LogP contribution in [0.15, 0.2) is 98.6 Å².